The lowest BCUT2D eigenvalue weighted by Gasteiger charge is -2.30. The molecule has 1 aliphatic rings. The van der Waals surface area contributed by atoms with Crippen LogP contribution >= 0.6 is 22.7 Å². The molecule has 2 amide bonds. The number of rotatable bonds is 6. The minimum Gasteiger partial charge on any atom is -0.338 e. The number of thiophene rings is 1. The fourth-order valence-electron chi connectivity index (χ4n) is 3.50. The zero-order chi connectivity index (χ0) is 22.7. The summed E-state index contributed by atoms with van der Waals surface area (Å²) in [5.41, 5.74) is 2.00. The molecule has 1 aromatic carbocycles. The van der Waals surface area contributed by atoms with E-state index in [9.17, 15) is 18.0 Å². The van der Waals surface area contributed by atoms with Crippen LogP contribution in [0.2, 0.25) is 0 Å². The number of benzene rings is 1. The smallest absolute Gasteiger partial charge is 0.263 e. The third-order valence-electron chi connectivity index (χ3n) is 5.10. The maximum absolute atomic E-state index is 12.7. The lowest BCUT2D eigenvalue weighted by atomic mass is 9.96. The Kier molecular flexibility index (Phi) is 6.58. The summed E-state index contributed by atoms with van der Waals surface area (Å²) in [6.45, 7) is 1.12. The molecule has 3 aromatic rings. The van der Waals surface area contributed by atoms with E-state index < -0.39 is 10.0 Å². The molecular formula is C21H22N4O4S3. The van der Waals surface area contributed by atoms with Gasteiger partial charge in [-0.15, -0.1) is 22.7 Å². The first-order valence-corrected chi connectivity index (χ1v) is 13.6. The van der Waals surface area contributed by atoms with Crippen LogP contribution in [0, 0.1) is 5.92 Å². The average Bonchev–Trinajstić information content (AvgIpc) is 3.45. The quantitative estimate of drug-likeness (QED) is 0.547. The first kappa shape index (κ1) is 22.4. The standard InChI is InChI=1S/C21H22N4O4S3/c1-32(28,29)24-16-6-4-14(5-7-16)17-13-31-21(22-17)23-19(26)15-8-10-25(11-9-15)20(27)18-3-2-12-30-18/h2-7,12-13,15,24H,8-11H2,1H3,(H,22,23,26). The van der Waals surface area contributed by atoms with Crippen LogP contribution in [0.25, 0.3) is 11.3 Å². The number of amides is 2. The topological polar surface area (TPSA) is 108 Å². The van der Waals surface area contributed by atoms with Gasteiger partial charge >= 0.3 is 0 Å². The molecule has 0 unspecified atom stereocenters. The van der Waals surface area contributed by atoms with E-state index in [-0.39, 0.29) is 17.7 Å². The molecule has 0 spiro atoms. The third kappa shape index (κ3) is 5.53. The van der Waals surface area contributed by atoms with Gasteiger partial charge in [0.05, 0.1) is 16.8 Å². The zero-order valence-corrected chi connectivity index (χ0v) is 19.7. The summed E-state index contributed by atoms with van der Waals surface area (Å²) in [7, 11) is -3.33. The van der Waals surface area contributed by atoms with Crippen LogP contribution < -0.4 is 10.0 Å². The van der Waals surface area contributed by atoms with E-state index in [1.54, 1.807) is 29.2 Å². The predicted molar refractivity (Wildman–Crippen MR) is 128 cm³/mol. The number of hydrogen-bond donors (Lipinski definition) is 2. The number of nitrogens with zero attached hydrogens (tertiary/aromatic N) is 2. The van der Waals surface area contributed by atoms with Crippen molar-refractivity contribution >= 4 is 55.3 Å². The van der Waals surface area contributed by atoms with Crippen molar-refractivity contribution in [2.45, 2.75) is 12.8 Å². The van der Waals surface area contributed by atoms with Gasteiger partial charge < -0.3 is 10.2 Å². The van der Waals surface area contributed by atoms with E-state index in [1.165, 1.54) is 22.7 Å². The average molecular weight is 491 g/mol. The predicted octanol–water partition coefficient (Wildman–Crippen LogP) is 3.73. The summed E-state index contributed by atoms with van der Waals surface area (Å²) in [5, 5.41) is 7.14. The molecule has 11 heteroatoms. The van der Waals surface area contributed by atoms with Crippen molar-refractivity contribution in [3.8, 4) is 11.3 Å². The maximum Gasteiger partial charge on any atom is 0.263 e. The van der Waals surface area contributed by atoms with Crippen LogP contribution in [0.1, 0.15) is 22.5 Å². The van der Waals surface area contributed by atoms with Gasteiger partial charge in [-0.3, -0.25) is 14.3 Å². The van der Waals surface area contributed by atoms with Gasteiger partial charge in [-0.2, -0.15) is 0 Å². The van der Waals surface area contributed by atoms with Crippen LogP contribution in [0.15, 0.2) is 47.2 Å². The van der Waals surface area contributed by atoms with E-state index in [1.807, 2.05) is 22.9 Å². The lowest BCUT2D eigenvalue weighted by molar-refractivity contribution is -0.121. The normalized spacial score (nSPS) is 14.8. The molecule has 4 rings (SSSR count). The number of piperidine rings is 1. The molecule has 1 fully saturated rings. The first-order valence-electron chi connectivity index (χ1n) is 9.96. The van der Waals surface area contributed by atoms with Crippen molar-refractivity contribution in [3.05, 3.63) is 52.0 Å². The second-order valence-electron chi connectivity index (χ2n) is 7.52. The number of thiazole rings is 1. The van der Waals surface area contributed by atoms with Gasteiger partial charge in [0, 0.05) is 35.6 Å². The summed E-state index contributed by atoms with van der Waals surface area (Å²) < 4.78 is 25.1. The van der Waals surface area contributed by atoms with Crippen molar-refractivity contribution in [1.82, 2.24) is 9.88 Å². The van der Waals surface area contributed by atoms with Crippen LogP contribution in [-0.2, 0) is 14.8 Å². The molecule has 1 saturated heterocycles. The molecule has 32 heavy (non-hydrogen) atoms. The van der Waals surface area contributed by atoms with Crippen LogP contribution in [0.4, 0.5) is 10.8 Å². The SMILES string of the molecule is CS(=O)(=O)Nc1ccc(-c2csc(NC(=O)C3CCN(C(=O)c4cccs4)CC3)n2)cc1. The third-order valence-corrected chi connectivity index (χ3v) is 7.33. The van der Waals surface area contributed by atoms with E-state index in [0.717, 1.165) is 16.7 Å². The molecule has 0 atom stereocenters. The number of nitrogens with one attached hydrogen (secondary N) is 2. The van der Waals surface area contributed by atoms with E-state index in [0.29, 0.717) is 42.4 Å². The van der Waals surface area contributed by atoms with Gasteiger partial charge in [-0.05, 0) is 36.4 Å². The molecule has 2 N–H and O–H groups in total. The van der Waals surface area contributed by atoms with Crippen molar-refractivity contribution in [1.29, 1.82) is 0 Å². The number of aromatic nitrogens is 1. The van der Waals surface area contributed by atoms with E-state index in [2.05, 4.69) is 15.0 Å². The second kappa shape index (κ2) is 9.39. The Balaban J connectivity index is 1.32. The molecule has 0 aliphatic carbocycles. The van der Waals surface area contributed by atoms with Gasteiger partial charge in [0.15, 0.2) is 5.13 Å². The Hall–Kier alpha value is -2.76. The van der Waals surface area contributed by atoms with E-state index >= 15 is 0 Å². The van der Waals surface area contributed by atoms with Crippen LogP contribution in [0.5, 0.6) is 0 Å². The molecule has 0 radical (unpaired) electrons. The molecule has 0 bridgehead atoms. The lowest BCUT2D eigenvalue weighted by Crippen LogP contribution is -2.41. The molecule has 1 aliphatic heterocycles. The Morgan fingerprint density at radius 3 is 2.44 bits per heavy atom. The van der Waals surface area contributed by atoms with Gasteiger partial charge in [0.2, 0.25) is 15.9 Å². The van der Waals surface area contributed by atoms with Gasteiger partial charge in [-0.1, -0.05) is 18.2 Å². The summed E-state index contributed by atoms with van der Waals surface area (Å²) in [4.78, 5) is 32.1. The molecule has 0 saturated carbocycles. The Bertz CT molecular complexity index is 1200. The first-order chi connectivity index (χ1) is 15.3. The summed E-state index contributed by atoms with van der Waals surface area (Å²) in [5.74, 6) is -0.209. The highest BCUT2D eigenvalue weighted by molar-refractivity contribution is 7.92. The molecule has 3 heterocycles. The Labute approximate surface area is 194 Å². The van der Waals surface area contributed by atoms with Crippen molar-refractivity contribution < 1.29 is 18.0 Å². The molecule has 2 aromatic heterocycles. The zero-order valence-electron chi connectivity index (χ0n) is 17.3. The number of sulfonamides is 1. The molecule has 8 nitrogen and oxygen atoms in total. The van der Waals surface area contributed by atoms with Gasteiger partial charge in [-0.25, -0.2) is 13.4 Å². The largest absolute Gasteiger partial charge is 0.338 e. The number of likely N-dealkylation sites (tertiary alicyclic amines) is 1. The van der Waals surface area contributed by atoms with Crippen molar-refractivity contribution in [3.63, 3.8) is 0 Å². The highest BCUT2D eigenvalue weighted by atomic mass is 32.2. The minimum absolute atomic E-state index is 0.0289. The number of anilines is 2. The Morgan fingerprint density at radius 2 is 1.81 bits per heavy atom. The van der Waals surface area contributed by atoms with Crippen LogP contribution in [0.3, 0.4) is 0 Å². The molecule has 168 valence electrons. The van der Waals surface area contributed by atoms with Crippen molar-refractivity contribution in [2.75, 3.05) is 29.4 Å². The Morgan fingerprint density at radius 1 is 1.09 bits per heavy atom. The monoisotopic (exact) mass is 490 g/mol. The number of hydrogen-bond acceptors (Lipinski definition) is 7. The minimum atomic E-state index is -3.33. The number of carbonyl (C=O) groups is 2. The van der Waals surface area contributed by atoms with Gasteiger partial charge in [0.25, 0.3) is 5.91 Å². The second-order valence-corrected chi connectivity index (χ2v) is 11.1. The summed E-state index contributed by atoms with van der Waals surface area (Å²) in [6, 6.07) is 10.6. The van der Waals surface area contributed by atoms with Crippen molar-refractivity contribution in [2.24, 2.45) is 5.92 Å². The fourth-order valence-corrected chi connectivity index (χ4v) is 5.47. The number of carbonyl (C=O) groups excluding carboxylic acids is 2. The van der Waals surface area contributed by atoms with Gasteiger partial charge in [0.1, 0.15) is 0 Å². The highest BCUT2D eigenvalue weighted by Crippen LogP contribution is 2.28. The molecular weight excluding hydrogens is 468 g/mol. The van der Waals surface area contributed by atoms with Crippen LogP contribution in [-0.4, -0.2) is 49.5 Å². The summed E-state index contributed by atoms with van der Waals surface area (Å²) in [6.07, 6.45) is 2.34. The highest BCUT2D eigenvalue weighted by Gasteiger charge is 2.28. The maximum atomic E-state index is 12.7. The fraction of sp³-hybridized carbons (Fsp3) is 0.286. The summed E-state index contributed by atoms with van der Waals surface area (Å²) >= 11 is 2.77. The van der Waals surface area contributed by atoms with E-state index in [4.69, 9.17) is 0 Å².